The van der Waals surface area contributed by atoms with Gasteiger partial charge in [0.1, 0.15) is 0 Å². The van der Waals surface area contributed by atoms with Gasteiger partial charge in [-0.15, -0.1) is 0 Å². The van der Waals surface area contributed by atoms with Gasteiger partial charge in [-0.1, -0.05) is 33.6 Å². The van der Waals surface area contributed by atoms with Gasteiger partial charge in [0.25, 0.3) is 0 Å². The molecule has 0 atom stereocenters. The SMILES string of the molecule is CCC(CC)CNCC1(CC)CCNCC1. The van der Waals surface area contributed by atoms with Crippen LogP contribution in [0.4, 0.5) is 0 Å². The molecule has 0 aromatic rings. The van der Waals surface area contributed by atoms with Crippen LogP contribution in [0.1, 0.15) is 52.9 Å². The molecule has 0 amide bonds. The van der Waals surface area contributed by atoms with E-state index in [1.165, 1.54) is 58.3 Å². The zero-order chi connectivity index (χ0) is 11.9. The predicted molar refractivity (Wildman–Crippen MR) is 71.8 cm³/mol. The summed E-state index contributed by atoms with van der Waals surface area (Å²) in [5.74, 6) is 0.871. The quantitative estimate of drug-likeness (QED) is 0.697. The van der Waals surface area contributed by atoms with Crippen molar-refractivity contribution in [1.82, 2.24) is 10.6 Å². The lowest BCUT2D eigenvalue weighted by molar-refractivity contribution is 0.182. The number of piperidine rings is 1. The molecule has 0 saturated carbocycles. The number of hydrogen-bond acceptors (Lipinski definition) is 2. The van der Waals surface area contributed by atoms with E-state index < -0.39 is 0 Å². The van der Waals surface area contributed by atoms with Crippen LogP contribution in [0, 0.1) is 11.3 Å². The van der Waals surface area contributed by atoms with Gasteiger partial charge < -0.3 is 10.6 Å². The van der Waals surface area contributed by atoms with Gasteiger partial charge in [0.2, 0.25) is 0 Å². The molecule has 0 unspecified atom stereocenters. The molecule has 2 heteroatoms. The molecular formula is C14H30N2. The number of nitrogens with one attached hydrogen (secondary N) is 2. The Labute approximate surface area is 102 Å². The highest BCUT2D eigenvalue weighted by Gasteiger charge is 2.29. The van der Waals surface area contributed by atoms with Crippen molar-refractivity contribution in [2.45, 2.75) is 52.9 Å². The normalized spacial score (nSPS) is 20.2. The van der Waals surface area contributed by atoms with Crippen LogP contribution in [0.5, 0.6) is 0 Å². The first-order valence-electron chi connectivity index (χ1n) is 7.17. The summed E-state index contributed by atoms with van der Waals surface area (Å²) in [6, 6.07) is 0. The molecule has 2 nitrogen and oxygen atoms in total. The molecule has 1 saturated heterocycles. The summed E-state index contributed by atoms with van der Waals surface area (Å²) in [5, 5.41) is 7.19. The summed E-state index contributed by atoms with van der Waals surface area (Å²) in [4.78, 5) is 0. The van der Waals surface area contributed by atoms with Gasteiger partial charge in [-0.2, -0.15) is 0 Å². The van der Waals surface area contributed by atoms with Crippen molar-refractivity contribution in [2.75, 3.05) is 26.2 Å². The molecule has 0 bridgehead atoms. The Bertz CT molecular complexity index is 170. The second-order valence-corrected chi connectivity index (χ2v) is 5.42. The summed E-state index contributed by atoms with van der Waals surface area (Å²) in [7, 11) is 0. The Balaban J connectivity index is 2.27. The lowest BCUT2D eigenvalue weighted by Crippen LogP contribution is -2.43. The van der Waals surface area contributed by atoms with Crippen LogP contribution < -0.4 is 10.6 Å². The van der Waals surface area contributed by atoms with Crippen LogP contribution in [-0.2, 0) is 0 Å². The van der Waals surface area contributed by atoms with E-state index in [-0.39, 0.29) is 0 Å². The fourth-order valence-electron chi connectivity index (χ4n) is 2.73. The van der Waals surface area contributed by atoms with E-state index in [4.69, 9.17) is 0 Å². The summed E-state index contributed by atoms with van der Waals surface area (Å²) in [6.07, 6.45) is 6.64. The number of rotatable bonds is 7. The highest BCUT2D eigenvalue weighted by atomic mass is 14.9. The molecule has 0 radical (unpaired) electrons. The van der Waals surface area contributed by atoms with Crippen molar-refractivity contribution in [3.8, 4) is 0 Å². The topological polar surface area (TPSA) is 24.1 Å². The Kier molecular flexibility index (Phi) is 6.37. The summed E-state index contributed by atoms with van der Waals surface area (Å²) < 4.78 is 0. The standard InChI is InChI=1S/C14H30N2/c1-4-13(5-2)11-16-12-14(6-3)7-9-15-10-8-14/h13,15-16H,4-12H2,1-3H3. The molecule has 0 aliphatic carbocycles. The second kappa shape index (κ2) is 7.29. The Morgan fingerprint density at radius 1 is 1.12 bits per heavy atom. The largest absolute Gasteiger partial charge is 0.317 e. The van der Waals surface area contributed by atoms with Crippen LogP contribution in [0.15, 0.2) is 0 Å². The van der Waals surface area contributed by atoms with Gasteiger partial charge in [0.15, 0.2) is 0 Å². The van der Waals surface area contributed by atoms with Crippen LogP contribution in [0.3, 0.4) is 0 Å². The minimum Gasteiger partial charge on any atom is -0.317 e. The maximum Gasteiger partial charge on any atom is 0.000877 e. The van der Waals surface area contributed by atoms with Crippen molar-refractivity contribution in [1.29, 1.82) is 0 Å². The molecule has 0 aromatic carbocycles. The summed E-state index contributed by atoms with van der Waals surface area (Å²) >= 11 is 0. The minimum absolute atomic E-state index is 0.581. The zero-order valence-corrected chi connectivity index (χ0v) is 11.4. The average Bonchev–Trinajstić information content (AvgIpc) is 2.36. The molecule has 96 valence electrons. The molecular weight excluding hydrogens is 196 g/mol. The third kappa shape index (κ3) is 4.06. The van der Waals surface area contributed by atoms with Crippen molar-refractivity contribution < 1.29 is 0 Å². The highest BCUT2D eigenvalue weighted by molar-refractivity contribution is 4.85. The maximum atomic E-state index is 3.72. The molecule has 1 aliphatic heterocycles. The first-order chi connectivity index (χ1) is 7.76. The monoisotopic (exact) mass is 226 g/mol. The molecule has 1 rings (SSSR count). The maximum absolute atomic E-state index is 3.72. The van der Waals surface area contributed by atoms with E-state index in [1.54, 1.807) is 0 Å². The minimum atomic E-state index is 0.581. The lowest BCUT2D eigenvalue weighted by atomic mass is 9.76. The van der Waals surface area contributed by atoms with Crippen molar-refractivity contribution in [2.24, 2.45) is 11.3 Å². The first-order valence-corrected chi connectivity index (χ1v) is 7.17. The molecule has 16 heavy (non-hydrogen) atoms. The summed E-state index contributed by atoms with van der Waals surface area (Å²) in [6.45, 7) is 11.8. The zero-order valence-electron chi connectivity index (χ0n) is 11.4. The van der Waals surface area contributed by atoms with E-state index in [0.717, 1.165) is 5.92 Å². The molecule has 1 aliphatic rings. The molecule has 0 aromatic heterocycles. The van der Waals surface area contributed by atoms with Crippen molar-refractivity contribution in [3.05, 3.63) is 0 Å². The van der Waals surface area contributed by atoms with Crippen LogP contribution in [-0.4, -0.2) is 26.2 Å². The first kappa shape index (κ1) is 14.0. The molecule has 1 fully saturated rings. The van der Waals surface area contributed by atoms with Crippen molar-refractivity contribution in [3.63, 3.8) is 0 Å². The van der Waals surface area contributed by atoms with Crippen LogP contribution in [0.2, 0.25) is 0 Å². The fraction of sp³-hybridized carbons (Fsp3) is 1.00. The fourth-order valence-corrected chi connectivity index (χ4v) is 2.73. The lowest BCUT2D eigenvalue weighted by Gasteiger charge is -2.37. The van der Waals surface area contributed by atoms with Gasteiger partial charge >= 0.3 is 0 Å². The van der Waals surface area contributed by atoms with Crippen LogP contribution in [0.25, 0.3) is 0 Å². The molecule has 0 spiro atoms. The van der Waals surface area contributed by atoms with E-state index in [0.29, 0.717) is 5.41 Å². The van der Waals surface area contributed by atoms with E-state index >= 15 is 0 Å². The third-order valence-corrected chi connectivity index (χ3v) is 4.50. The second-order valence-electron chi connectivity index (χ2n) is 5.42. The summed E-state index contributed by atoms with van der Waals surface area (Å²) in [5.41, 5.74) is 0.581. The number of hydrogen-bond donors (Lipinski definition) is 2. The highest BCUT2D eigenvalue weighted by Crippen LogP contribution is 2.31. The van der Waals surface area contributed by atoms with Gasteiger partial charge in [-0.05, 0) is 50.2 Å². The van der Waals surface area contributed by atoms with Gasteiger partial charge in [-0.25, -0.2) is 0 Å². The van der Waals surface area contributed by atoms with Gasteiger partial charge in [0, 0.05) is 6.54 Å². The van der Waals surface area contributed by atoms with E-state index in [2.05, 4.69) is 31.4 Å². The average molecular weight is 226 g/mol. The Morgan fingerprint density at radius 3 is 2.25 bits per heavy atom. The van der Waals surface area contributed by atoms with Crippen molar-refractivity contribution >= 4 is 0 Å². The molecule has 2 N–H and O–H groups in total. The van der Waals surface area contributed by atoms with E-state index in [1.807, 2.05) is 0 Å². The predicted octanol–water partition coefficient (Wildman–Crippen LogP) is 2.79. The van der Waals surface area contributed by atoms with Gasteiger partial charge in [-0.3, -0.25) is 0 Å². The Hall–Kier alpha value is -0.0800. The smallest absolute Gasteiger partial charge is 0.000877 e. The molecule has 1 heterocycles. The Morgan fingerprint density at radius 2 is 1.75 bits per heavy atom. The van der Waals surface area contributed by atoms with Gasteiger partial charge in [0.05, 0.1) is 0 Å². The van der Waals surface area contributed by atoms with Crippen LogP contribution >= 0.6 is 0 Å². The van der Waals surface area contributed by atoms with E-state index in [9.17, 15) is 0 Å². The third-order valence-electron chi connectivity index (χ3n) is 4.50.